The summed E-state index contributed by atoms with van der Waals surface area (Å²) in [7, 11) is 1.31. The molecule has 0 bridgehead atoms. The molecule has 1 unspecified atom stereocenters. The number of hydrogen-bond donors (Lipinski definition) is 1. The van der Waals surface area contributed by atoms with Gasteiger partial charge in [-0.25, -0.2) is 4.79 Å². The topological polar surface area (TPSA) is 85.6 Å². The molecule has 1 aliphatic heterocycles. The van der Waals surface area contributed by atoms with Crippen LogP contribution in [0.5, 0.6) is 0 Å². The van der Waals surface area contributed by atoms with Gasteiger partial charge in [-0.05, 0) is 54.8 Å². The lowest BCUT2D eigenvalue weighted by Gasteiger charge is -2.12. The number of benzene rings is 2. The van der Waals surface area contributed by atoms with Crippen LogP contribution in [0.3, 0.4) is 0 Å². The van der Waals surface area contributed by atoms with Crippen LogP contribution in [0.1, 0.15) is 49.2 Å². The zero-order chi connectivity index (χ0) is 19.3. The third-order valence-corrected chi connectivity index (χ3v) is 4.98. The monoisotopic (exact) mass is 363 g/mol. The SMILES string of the molecule is COC(=O)c1ccc(C2NC(=O)c3oc4cc(C)c(C)cc4c(=O)c32)cc1. The van der Waals surface area contributed by atoms with Crippen molar-refractivity contribution < 1.29 is 18.7 Å². The number of carbonyl (C=O) groups excluding carboxylic acids is 2. The predicted molar refractivity (Wildman–Crippen MR) is 99.0 cm³/mol. The molecule has 2 heterocycles. The van der Waals surface area contributed by atoms with Crippen molar-refractivity contribution in [2.75, 3.05) is 7.11 Å². The van der Waals surface area contributed by atoms with Gasteiger partial charge < -0.3 is 14.5 Å². The molecule has 136 valence electrons. The van der Waals surface area contributed by atoms with Crippen LogP contribution >= 0.6 is 0 Å². The number of nitrogens with one attached hydrogen (secondary N) is 1. The zero-order valence-corrected chi connectivity index (χ0v) is 15.1. The number of esters is 1. The van der Waals surface area contributed by atoms with E-state index in [0.717, 1.165) is 11.1 Å². The van der Waals surface area contributed by atoms with Crippen molar-refractivity contribution in [3.8, 4) is 0 Å². The van der Waals surface area contributed by atoms with E-state index in [1.807, 2.05) is 13.8 Å². The standard InChI is InChI=1S/C21H17NO5/c1-10-8-14-15(9-11(10)2)27-19-16(18(14)23)17(22-20(19)24)12-4-6-13(7-5-12)21(25)26-3/h4-9,17H,1-3H3,(H,22,24). The van der Waals surface area contributed by atoms with Gasteiger partial charge in [-0.1, -0.05) is 12.1 Å². The maximum atomic E-state index is 13.1. The maximum absolute atomic E-state index is 13.1. The summed E-state index contributed by atoms with van der Waals surface area (Å²) in [6, 6.07) is 9.52. The fourth-order valence-electron chi connectivity index (χ4n) is 3.34. The van der Waals surface area contributed by atoms with E-state index in [4.69, 9.17) is 4.42 Å². The lowest BCUT2D eigenvalue weighted by atomic mass is 9.97. The first-order valence-electron chi connectivity index (χ1n) is 8.48. The van der Waals surface area contributed by atoms with Gasteiger partial charge in [-0.2, -0.15) is 0 Å². The van der Waals surface area contributed by atoms with Gasteiger partial charge in [0.1, 0.15) is 5.58 Å². The second-order valence-corrected chi connectivity index (χ2v) is 6.63. The molecule has 0 saturated heterocycles. The molecule has 1 amide bonds. The van der Waals surface area contributed by atoms with Crippen LogP contribution in [-0.4, -0.2) is 19.0 Å². The van der Waals surface area contributed by atoms with E-state index in [1.54, 1.807) is 36.4 Å². The molecule has 1 atom stereocenters. The molecule has 1 N–H and O–H groups in total. The quantitative estimate of drug-likeness (QED) is 0.708. The van der Waals surface area contributed by atoms with Gasteiger partial charge >= 0.3 is 5.97 Å². The molecule has 1 aromatic heterocycles. The number of aryl methyl sites for hydroxylation is 2. The molecule has 0 aliphatic carbocycles. The molecular weight excluding hydrogens is 346 g/mol. The summed E-state index contributed by atoms with van der Waals surface area (Å²) in [5.41, 5.74) is 3.51. The first-order chi connectivity index (χ1) is 12.9. The van der Waals surface area contributed by atoms with E-state index >= 15 is 0 Å². The largest absolute Gasteiger partial charge is 0.465 e. The van der Waals surface area contributed by atoms with Crippen LogP contribution in [0.25, 0.3) is 11.0 Å². The van der Waals surface area contributed by atoms with E-state index < -0.39 is 17.9 Å². The smallest absolute Gasteiger partial charge is 0.337 e. The number of fused-ring (bicyclic) bond motifs is 2. The average Bonchev–Trinajstić information content (AvgIpc) is 3.00. The number of ether oxygens (including phenoxy) is 1. The lowest BCUT2D eigenvalue weighted by Crippen LogP contribution is -2.22. The van der Waals surface area contributed by atoms with E-state index in [2.05, 4.69) is 10.1 Å². The highest BCUT2D eigenvalue weighted by molar-refractivity contribution is 5.99. The molecule has 27 heavy (non-hydrogen) atoms. The molecule has 0 saturated carbocycles. The second kappa shape index (κ2) is 6.09. The van der Waals surface area contributed by atoms with Gasteiger partial charge in [-0.3, -0.25) is 9.59 Å². The Balaban J connectivity index is 1.88. The Hall–Kier alpha value is -3.41. The molecular formula is C21H17NO5. The van der Waals surface area contributed by atoms with Crippen LogP contribution in [0.4, 0.5) is 0 Å². The number of carbonyl (C=O) groups is 2. The molecule has 1 aliphatic rings. The molecule has 0 spiro atoms. The Labute approximate surface area is 154 Å². The number of hydrogen-bond acceptors (Lipinski definition) is 5. The van der Waals surface area contributed by atoms with Crippen LogP contribution in [0, 0.1) is 13.8 Å². The highest BCUT2D eigenvalue weighted by Gasteiger charge is 2.36. The Bertz CT molecular complexity index is 1160. The minimum Gasteiger partial charge on any atom is -0.465 e. The summed E-state index contributed by atoms with van der Waals surface area (Å²) in [6.07, 6.45) is 0. The van der Waals surface area contributed by atoms with Crippen molar-refractivity contribution in [1.29, 1.82) is 0 Å². The minimum atomic E-state index is -0.624. The van der Waals surface area contributed by atoms with Crippen molar-refractivity contribution >= 4 is 22.8 Å². The van der Waals surface area contributed by atoms with Crippen LogP contribution < -0.4 is 10.7 Å². The van der Waals surface area contributed by atoms with Crippen molar-refractivity contribution in [3.05, 3.63) is 80.2 Å². The molecule has 4 rings (SSSR count). The number of amides is 1. The lowest BCUT2D eigenvalue weighted by molar-refractivity contribution is 0.0600. The zero-order valence-electron chi connectivity index (χ0n) is 15.1. The van der Waals surface area contributed by atoms with Gasteiger partial charge in [0.15, 0.2) is 5.43 Å². The highest BCUT2D eigenvalue weighted by Crippen LogP contribution is 2.31. The Morgan fingerprint density at radius 2 is 1.74 bits per heavy atom. The molecule has 0 radical (unpaired) electrons. The van der Waals surface area contributed by atoms with Crippen LogP contribution in [0.15, 0.2) is 45.6 Å². The van der Waals surface area contributed by atoms with Crippen molar-refractivity contribution in [2.24, 2.45) is 0 Å². The summed E-state index contributed by atoms with van der Waals surface area (Å²) in [6.45, 7) is 3.85. The Morgan fingerprint density at radius 3 is 2.41 bits per heavy atom. The van der Waals surface area contributed by atoms with E-state index in [0.29, 0.717) is 27.7 Å². The molecule has 6 nitrogen and oxygen atoms in total. The fraction of sp³-hybridized carbons (Fsp3) is 0.190. The molecule has 6 heteroatoms. The first kappa shape index (κ1) is 17.0. The minimum absolute atomic E-state index is 0.0396. The van der Waals surface area contributed by atoms with Gasteiger partial charge in [0, 0.05) is 0 Å². The molecule has 0 fully saturated rings. The van der Waals surface area contributed by atoms with Crippen LogP contribution in [0.2, 0.25) is 0 Å². The van der Waals surface area contributed by atoms with Crippen molar-refractivity contribution in [1.82, 2.24) is 5.32 Å². The molecule has 3 aromatic rings. The predicted octanol–water partition coefficient (Wildman–Crippen LogP) is 3.03. The van der Waals surface area contributed by atoms with E-state index in [-0.39, 0.29) is 11.2 Å². The van der Waals surface area contributed by atoms with Crippen LogP contribution in [-0.2, 0) is 4.74 Å². The van der Waals surface area contributed by atoms with Gasteiger partial charge in [-0.15, -0.1) is 0 Å². The fourth-order valence-corrected chi connectivity index (χ4v) is 3.34. The van der Waals surface area contributed by atoms with Crippen molar-refractivity contribution in [2.45, 2.75) is 19.9 Å². The van der Waals surface area contributed by atoms with E-state index in [9.17, 15) is 14.4 Å². The third kappa shape index (κ3) is 2.61. The van der Waals surface area contributed by atoms with Crippen molar-refractivity contribution in [3.63, 3.8) is 0 Å². The van der Waals surface area contributed by atoms with Gasteiger partial charge in [0.2, 0.25) is 5.76 Å². The summed E-state index contributed by atoms with van der Waals surface area (Å²) in [4.78, 5) is 37.1. The first-order valence-corrected chi connectivity index (χ1v) is 8.48. The Morgan fingerprint density at radius 1 is 1.07 bits per heavy atom. The molecule has 2 aromatic carbocycles. The van der Waals surface area contributed by atoms with Gasteiger partial charge in [0.25, 0.3) is 5.91 Å². The summed E-state index contributed by atoms with van der Waals surface area (Å²) in [5.74, 6) is -0.837. The number of methoxy groups -OCH3 is 1. The van der Waals surface area contributed by atoms with Gasteiger partial charge in [0.05, 0.1) is 29.7 Å². The average molecular weight is 363 g/mol. The normalized spacial score (nSPS) is 15.5. The summed E-state index contributed by atoms with van der Waals surface area (Å²) < 4.78 is 10.5. The third-order valence-electron chi connectivity index (χ3n) is 4.98. The number of rotatable bonds is 2. The summed E-state index contributed by atoms with van der Waals surface area (Å²) in [5, 5.41) is 3.24. The maximum Gasteiger partial charge on any atom is 0.337 e. The Kier molecular flexibility index (Phi) is 3.84. The van der Waals surface area contributed by atoms with E-state index in [1.165, 1.54) is 7.11 Å². The summed E-state index contributed by atoms with van der Waals surface area (Å²) >= 11 is 0. The highest BCUT2D eigenvalue weighted by atomic mass is 16.5. The second-order valence-electron chi connectivity index (χ2n) is 6.63.